The fraction of sp³-hybridized carbons (Fsp3) is 0.538. The van der Waals surface area contributed by atoms with Crippen molar-refractivity contribution in [3.05, 3.63) is 22.2 Å². The Bertz CT molecular complexity index is 450. The lowest BCUT2D eigenvalue weighted by atomic mass is 10.3. The van der Waals surface area contributed by atoms with Crippen molar-refractivity contribution in [2.75, 3.05) is 39.3 Å². The van der Waals surface area contributed by atoms with Crippen molar-refractivity contribution in [1.29, 1.82) is 0 Å². The van der Waals surface area contributed by atoms with Crippen LogP contribution in [0.4, 0.5) is 0 Å². The molecule has 1 aliphatic rings. The summed E-state index contributed by atoms with van der Waals surface area (Å²) in [4.78, 5) is 20.3. The van der Waals surface area contributed by atoms with E-state index in [-0.39, 0.29) is 12.5 Å². The second-order valence-electron chi connectivity index (χ2n) is 4.52. The molecule has 0 saturated carbocycles. The molecule has 1 aromatic heterocycles. The highest BCUT2D eigenvalue weighted by Crippen LogP contribution is 2.10. The van der Waals surface area contributed by atoms with Crippen LogP contribution in [-0.2, 0) is 4.79 Å². The molecule has 19 heavy (non-hydrogen) atoms. The smallest absolute Gasteiger partial charge is 0.246 e. The lowest BCUT2D eigenvalue weighted by Gasteiger charge is -2.33. The van der Waals surface area contributed by atoms with Crippen LogP contribution in [0.1, 0.15) is 10.7 Å². The van der Waals surface area contributed by atoms with E-state index in [9.17, 15) is 4.79 Å². The van der Waals surface area contributed by atoms with Gasteiger partial charge >= 0.3 is 0 Å². The number of hydrogen-bond donors (Lipinski definition) is 1. The average molecular weight is 281 g/mol. The first-order valence-electron chi connectivity index (χ1n) is 6.41. The van der Waals surface area contributed by atoms with E-state index in [1.807, 2.05) is 17.2 Å². The number of β-amino-alcohol motifs (C(OH)–C–C–N with tert-alkyl or cyclic N) is 1. The number of piperazine rings is 1. The molecule has 0 aliphatic carbocycles. The predicted molar refractivity (Wildman–Crippen MR) is 76.0 cm³/mol. The van der Waals surface area contributed by atoms with Crippen LogP contribution in [0.5, 0.6) is 0 Å². The fourth-order valence-corrected chi connectivity index (χ4v) is 2.63. The highest BCUT2D eigenvalue weighted by molar-refractivity contribution is 7.09. The molecule has 0 spiro atoms. The molecule has 1 N–H and O–H groups in total. The molecule has 6 heteroatoms. The number of rotatable bonds is 4. The first-order chi connectivity index (χ1) is 9.19. The van der Waals surface area contributed by atoms with Gasteiger partial charge in [0.1, 0.15) is 0 Å². The molecule has 0 atom stereocenters. The second-order valence-corrected chi connectivity index (χ2v) is 5.58. The van der Waals surface area contributed by atoms with Crippen LogP contribution in [0.2, 0.25) is 0 Å². The van der Waals surface area contributed by atoms with E-state index in [2.05, 4.69) is 9.88 Å². The van der Waals surface area contributed by atoms with Crippen LogP contribution in [0, 0.1) is 6.92 Å². The van der Waals surface area contributed by atoms with E-state index in [4.69, 9.17) is 5.11 Å². The van der Waals surface area contributed by atoms with Crippen LogP contribution in [0.15, 0.2) is 11.5 Å². The standard InChI is InChI=1S/C13H19N3O2S/c1-11-14-12(10-19-11)2-3-13(18)16-6-4-15(5-7-16)8-9-17/h2-3,10,17H,4-9H2,1H3. The minimum atomic E-state index is 0.0364. The van der Waals surface area contributed by atoms with Crippen molar-refractivity contribution in [2.45, 2.75) is 6.92 Å². The van der Waals surface area contributed by atoms with E-state index >= 15 is 0 Å². The largest absolute Gasteiger partial charge is 0.395 e. The fourth-order valence-electron chi connectivity index (χ4n) is 2.05. The molecule has 2 heterocycles. The van der Waals surface area contributed by atoms with Crippen LogP contribution in [-0.4, -0.2) is 65.1 Å². The highest BCUT2D eigenvalue weighted by atomic mass is 32.1. The maximum absolute atomic E-state index is 12.0. The molecule has 1 fully saturated rings. The topological polar surface area (TPSA) is 56.7 Å². The van der Waals surface area contributed by atoms with Crippen LogP contribution < -0.4 is 0 Å². The van der Waals surface area contributed by atoms with Crippen molar-refractivity contribution >= 4 is 23.3 Å². The Labute approximate surface area is 117 Å². The van der Waals surface area contributed by atoms with Gasteiger partial charge in [0.15, 0.2) is 0 Å². The zero-order chi connectivity index (χ0) is 13.7. The van der Waals surface area contributed by atoms with Crippen molar-refractivity contribution in [2.24, 2.45) is 0 Å². The zero-order valence-electron chi connectivity index (χ0n) is 11.1. The SMILES string of the molecule is Cc1nc(C=CC(=O)N2CCN(CCO)CC2)cs1. The summed E-state index contributed by atoms with van der Waals surface area (Å²) in [6.07, 6.45) is 3.36. The van der Waals surface area contributed by atoms with Gasteiger partial charge < -0.3 is 10.0 Å². The summed E-state index contributed by atoms with van der Waals surface area (Å²) in [7, 11) is 0. The number of carbonyl (C=O) groups excluding carboxylic acids is 1. The van der Waals surface area contributed by atoms with Gasteiger partial charge in [-0.25, -0.2) is 4.98 Å². The van der Waals surface area contributed by atoms with Gasteiger partial charge in [-0.2, -0.15) is 0 Å². The van der Waals surface area contributed by atoms with Crippen LogP contribution >= 0.6 is 11.3 Å². The number of nitrogens with zero attached hydrogens (tertiary/aromatic N) is 3. The Morgan fingerprint density at radius 1 is 1.47 bits per heavy atom. The molecule has 0 aromatic carbocycles. The molecular weight excluding hydrogens is 262 g/mol. The number of thiazole rings is 1. The molecule has 0 bridgehead atoms. The number of amides is 1. The number of aromatic nitrogens is 1. The predicted octanol–water partition coefficient (Wildman–Crippen LogP) is 0.601. The summed E-state index contributed by atoms with van der Waals surface area (Å²) in [6.45, 7) is 5.92. The maximum Gasteiger partial charge on any atom is 0.246 e. The van der Waals surface area contributed by atoms with Gasteiger partial charge in [0.25, 0.3) is 0 Å². The van der Waals surface area contributed by atoms with Crippen molar-refractivity contribution in [1.82, 2.24) is 14.8 Å². The Morgan fingerprint density at radius 2 is 2.21 bits per heavy atom. The normalized spacial score (nSPS) is 17.3. The van der Waals surface area contributed by atoms with Gasteiger partial charge in [-0.15, -0.1) is 11.3 Å². The molecule has 1 aromatic rings. The third-order valence-electron chi connectivity index (χ3n) is 3.13. The quantitative estimate of drug-likeness (QED) is 0.821. The summed E-state index contributed by atoms with van der Waals surface area (Å²) < 4.78 is 0. The minimum absolute atomic E-state index is 0.0364. The van der Waals surface area contributed by atoms with Crippen molar-refractivity contribution in [3.8, 4) is 0 Å². The molecule has 104 valence electrons. The molecule has 1 amide bonds. The van der Waals surface area contributed by atoms with E-state index in [0.29, 0.717) is 6.54 Å². The third-order valence-corrected chi connectivity index (χ3v) is 3.93. The second kappa shape index (κ2) is 6.79. The van der Waals surface area contributed by atoms with Crippen LogP contribution in [0.3, 0.4) is 0 Å². The Kier molecular flexibility index (Phi) is 5.07. The average Bonchev–Trinajstić information content (AvgIpc) is 2.83. The Morgan fingerprint density at radius 3 is 2.79 bits per heavy atom. The van der Waals surface area contributed by atoms with Gasteiger partial charge in [0, 0.05) is 44.2 Å². The minimum Gasteiger partial charge on any atom is -0.395 e. The molecule has 1 aliphatic heterocycles. The van der Waals surface area contributed by atoms with Gasteiger partial charge in [-0.1, -0.05) is 0 Å². The van der Waals surface area contributed by atoms with Gasteiger partial charge in [-0.05, 0) is 13.0 Å². The van der Waals surface area contributed by atoms with E-state index in [1.165, 1.54) is 0 Å². The lowest BCUT2D eigenvalue weighted by Crippen LogP contribution is -2.48. The van der Waals surface area contributed by atoms with Crippen LogP contribution in [0.25, 0.3) is 6.08 Å². The molecule has 0 unspecified atom stereocenters. The van der Waals surface area contributed by atoms with E-state index < -0.39 is 0 Å². The molecule has 5 nitrogen and oxygen atoms in total. The van der Waals surface area contributed by atoms with Crippen molar-refractivity contribution < 1.29 is 9.90 Å². The first-order valence-corrected chi connectivity index (χ1v) is 7.29. The summed E-state index contributed by atoms with van der Waals surface area (Å²) in [5.74, 6) is 0.0364. The van der Waals surface area contributed by atoms with Gasteiger partial charge in [-0.3, -0.25) is 9.69 Å². The lowest BCUT2D eigenvalue weighted by molar-refractivity contribution is -0.127. The number of hydrogen-bond acceptors (Lipinski definition) is 5. The van der Waals surface area contributed by atoms with E-state index in [0.717, 1.165) is 36.9 Å². The highest BCUT2D eigenvalue weighted by Gasteiger charge is 2.18. The van der Waals surface area contributed by atoms with Gasteiger partial charge in [0.05, 0.1) is 17.3 Å². The zero-order valence-corrected chi connectivity index (χ0v) is 11.9. The molecule has 2 rings (SSSR count). The number of aliphatic hydroxyl groups is 1. The summed E-state index contributed by atoms with van der Waals surface area (Å²) in [6, 6.07) is 0. The van der Waals surface area contributed by atoms with E-state index in [1.54, 1.807) is 23.5 Å². The molecule has 0 radical (unpaired) electrons. The monoisotopic (exact) mass is 281 g/mol. The Balaban J connectivity index is 1.83. The Hall–Kier alpha value is -1.24. The summed E-state index contributed by atoms with van der Waals surface area (Å²) >= 11 is 1.58. The summed E-state index contributed by atoms with van der Waals surface area (Å²) in [5, 5.41) is 11.8. The maximum atomic E-state index is 12.0. The first kappa shape index (κ1) is 14.2. The third kappa shape index (κ3) is 4.12. The number of aryl methyl sites for hydroxylation is 1. The molecule has 1 saturated heterocycles. The van der Waals surface area contributed by atoms with Crippen molar-refractivity contribution in [3.63, 3.8) is 0 Å². The summed E-state index contributed by atoms with van der Waals surface area (Å²) in [5.41, 5.74) is 0.842. The molecular formula is C13H19N3O2S. The van der Waals surface area contributed by atoms with Gasteiger partial charge in [0.2, 0.25) is 5.91 Å². The number of aliphatic hydroxyl groups excluding tert-OH is 1. The number of carbonyl (C=O) groups is 1.